The van der Waals surface area contributed by atoms with Crippen LogP contribution in [0.1, 0.15) is 63.4 Å². The van der Waals surface area contributed by atoms with Crippen LogP contribution in [-0.2, 0) is 11.3 Å². The number of anilines is 1. The van der Waals surface area contributed by atoms with Crippen LogP contribution >= 0.6 is 11.3 Å². The third-order valence-electron chi connectivity index (χ3n) is 4.15. The van der Waals surface area contributed by atoms with E-state index in [0.717, 1.165) is 37.5 Å². The smallest absolute Gasteiger partial charge is 0.186 e. The molecule has 0 radical (unpaired) electrons. The second-order valence-corrected chi connectivity index (χ2v) is 6.54. The Balaban J connectivity index is 3.08. The lowest BCUT2D eigenvalue weighted by Crippen LogP contribution is -2.37. The van der Waals surface area contributed by atoms with Crippen LogP contribution in [0.15, 0.2) is 0 Å². The van der Waals surface area contributed by atoms with E-state index in [4.69, 9.17) is 15.5 Å². The van der Waals surface area contributed by atoms with Crippen molar-refractivity contribution < 1.29 is 4.74 Å². The monoisotopic (exact) mass is 313 g/mol. The van der Waals surface area contributed by atoms with Crippen molar-refractivity contribution in [3.05, 3.63) is 10.6 Å². The molecule has 2 N–H and O–H groups in total. The molecule has 122 valence electrons. The van der Waals surface area contributed by atoms with E-state index in [0.29, 0.717) is 18.5 Å². The molecular formula is C16H31N3OS. The van der Waals surface area contributed by atoms with Crippen molar-refractivity contribution in [2.45, 2.75) is 65.5 Å². The number of ether oxygens (including phenoxy) is 1. The minimum atomic E-state index is 0.472. The molecule has 0 aliphatic carbocycles. The van der Waals surface area contributed by atoms with Crippen LogP contribution in [0, 0.1) is 0 Å². The highest BCUT2D eigenvalue weighted by Crippen LogP contribution is 2.33. The summed E-state index contributed by atoms with van der Waals surface area (Å²) in [6.07, 6.45) is 3.34. The molecule has 0 amide bonds. The van der Waals surface area contributed by atoms with Crippen molar-refractivity contribution in [2.75, 3.05) is 25.2 Å². The van der Waals surface area contributed by atoms with Crippen LogP contribution < -0.4 is 10.6 Å². The molecule has 1 unspecified atom stereocenters. The summed E-state index contributed by atoms with van der Waals surface area (Å²) in [5, 5.41) is 1.11. The molecule has 1 rings (SSSR count). The third-order valence-corrected chi connectivity index (χ3v) is 5.28. The second-order valence-electron chi connectivity index (χ2n) is 5.47. The number of hydrogen-bond acceptors (Lipinski definition) is 5. The summed E-state index contributed by atoms with van der Waals surface area (Å²) in [6.45, 7) is 11.1. The largest absolute Gasteiger partial charge is 0.383 e. The predicted octanol–water partition coefficient (Wildman–Crippen LogP) is 3.76. The molecule has 4 nitrogen and oxygen atoms in total. The first-order valence-electron chi connectivity index (χ1n) is 8.07. The van der Waals surface area contributed by atoms with E-state index >= 15 is 0 Å². The molecule has 0 aliphatic heterocycles. The van der Waals surface area contributed by atoms with Gasteiger partial charge in [-0.25, -0.2) is 4.98 Å². The first-order chi connectivity index (χ1) is 10.1. The molecule has 0 fully saturated rings. The van der Waals surface area contributed by atoms with Gasteiger partial charge in [-0.3, -0.25) is 0 Å². The molecule has 0 aromatic carbocycles. The van der Waals surface area contributed by atoms with Gasteiger partial charge in [-0.05, 0) is 25.2 Å². The molecule has 0 aliphatic rings. The average Bonchev–Trinajstić information content (AvgIpc) is 2.94. The van der Waals surface area contributed by atoms with Crippen molar-refractivity contribution in [3.63, 3.8) is 0 Å². The van der Waals surface area contributed by atoms with E-state index < -0.39 is 0 Å². The first-order valence-corrected chi connectivity index (χ1v) is 8.89. The van der Waals surface area contributed by atoms with Crippen LogP contribution in [0.25, 0.3) is 0 Å². The van der Waals surface area contributed by atoms with Gasteiger partial charge in [0, 0.05) is 31.1 Å². The summed E-state index contributed by atoms with van der Waals surface area (Å²) in [5.41, 5.74) is 7.11. The van der Waals surface area contributed by atoms with Gasteiger partial charge in [0.25, 0.3) is 0 Å². The standard InChI is InChI=1S/C16H31N3OS/c1-6-12(4)15-14(11-17)21-16(18-15)19(9-10-20-5)13(7-2)8-3/h12-13H,6-11,17H2,1-5H3. The van der Waals surface area contributed by atoms with E-state index in [-0.39, 0.29) is 0 Å². The minimum absolute atomic E-state index is 0.472. The number of nitrogens with two attached hydrogens (primary N) is 1. The lowest BCUT2D eigenvalue weighted by molar-refractivity contribution is 0.202. The molecule has 5 heteroatoms. The van der Waals surface area contributed by atoms with Crippen molar-refractivity contribution in [1.82, 2.24) is 4.98 Å². The molecule has 1 aromatic heterocycles. The lowest BCUT2D eigenvalue weighted by atomic mass is 10.0. The maximum atomic E-state index is 5.93. The van der Waals surface area contributed by atoms with Gasteiger partial charge >= 0.3 is 0 Å². The fraction of sp³-hybridized carbons (Fsp3) is 0.812. The second kappa shape index (κ2) is 9.38. The van der Waals surface area contributed by atoms with E-state index in [1.807, 2.05) is 0 Å². The minimum Gasteiger partial charge on any atom is -0.383 e. The summed E-state index contributed by atoms with van der Waals surface area (Å²) in [6, 6.07) is 0.515. The topological polar surface area (TPSA) is 51.4 Å². The van der Waals surface area contributed by atoms with Gasteiger partial charge in [-0.15, -0.1) is 11.3 Å². The Morgan fingerprint density at radius 2 is 1.90 bits per heavy atom. The molecule has 0 saturated carbocycles. The highest BCUT2D eigenvalue weighted by Gasteiger charge is 2.22. The van der Waals surface area contributed by atoms with Gasteiger partial charge in [-0.2, -0.15) is 0 Å². The highest BCUT2D eigenvalue weighted by atomic mass is 32.1. The van der Waals surface area contributed by atoms with Gasteiger partial charge in [-0.1, -0.05) is 27.7 Å². The number of aromatic nitrogens is 1. The molecule has 0 bridgehead atoms. The molecule has 0 spiro atoms. The van der Waals surface area contributed by atoms with E-state index in [2.05, 4.69) is 32.6 Å². The van der Waals surface area contributed by atoms with Crippen LogP contribution in [0.4, 0.5) is 5.13 Å². The number of hydrogen-bond donors (Lipinski definition) is 1. The Hall–Kier alpha value is -0.650. The lowest BCUT2D eigenvalue weighted by Gasteiger charge is -2.30. The summed E-state index contributed by atoms with van der Waals surface area (Å²) in [7, 11) is 1.75. The van der Waals surface area contributed by atoms with Crippen LogP contribution in [0.2, 0.25) is 0 Å². The van der Waals surface area contributed by atoms with Crippen LogP contribution in [0.5, 0.6) is 0 Å². The quantitative estimate of drug-likeness (QED) is 0.714. The summed E-state index contributed by atoms with van der Waals surface area (Å²) < 4.78 is 5.28. The number of thiazole rings is 1. The number of nitrogens with zero attached hydrogens (tertiary/aromatic N) is 2. The van der Waals surface area contributed by atoms with Crippen molar-refractivity contribution in [1.29, 1.82) is 0 Å². The first kappa shape index (κ1) is 18.4. The fourth-order valence-corrected chi connectivity index (χ4v) is 3.71. The van der Waals surface area contributed by atoms with Crippen molar-refractivity contribution >= 4 is 16.5 Å². The Labute approximate surface area is 133 Å². The molecule has 21 heavy (non-hydrogen) atoms. The van der Waals surface area contributed by atoms with Gasteiger partial charge in [0.05, 0.1) is 12.3 Å². The highest BCUT2D eigenvalue weighted by molar-refractivity contribution is 7.15. The van der Waals surface area contributed by atoms with Crippen LogP contribution in [-0.4, -0.2) is 31.3 Å². The molecule has 1 atom stereocenters. The van der Waals surface area contributed by atoms with E-state index in [1.165, 1.54) is 10.6 Å². The number of rotatable bonds is 10. The summed E-state index contributed by atoms with van der Waals surface area (Å²) >= 11 is 1.76. The SMILES string of the molecule is CCC(C)c1nc(N(CCOC)C(CC)CC)sc1CN. The van der Waals surface area contributed by atoms with Gasteiger partial charge in [0.15, 0.2) is 5.13 Å². The number of methoxy groups -OCH3 is 1. The van der Waals surface area contributed by atoms with Crippen molar-refractivity contribution in [2.24, 2.45) is 5.73 Å². The van der Waals surface area contributed by atoms with Crippen LogP contribution in [0.3, 0.4) is 0 Å². The fourth-order valence-electron chi connectivity index (χ4n) is 2.55. The molecule has 0 saturated heterocycles. The maximum Gasteiger partial charge on any atom is 0.186 e. The van der Waals surface area contributed by atoms with E-state index in [1.54, 1.807) is 18.4 Å². The van der Waals surface area contributed by atoms with Gasteiger partial charge in [0.1, 0.15) is 0 Å². The normalized spacial score (nSPS) is 12.9. The third kappa shape index (κ3) is 4.66. The Morgan fingerprint density at radius 1 is 1.24 bits per heavy atom. The summed E-state index contributed by atoms with van der Waals surface area (Å²) in [5.74, 6) is 0.472. The van der Waals surface area contributed by atoms with Gasteiger partial charge in [0.2, 0.25) is 0 Å². The molecular weight excluding hydrogens is 282 g/mol. The Kier molecular flexibility index (Phi) is 8.22. The average molecular weight is 314 g/mol. The predicted molar refractivity (Wildman–Crippen MR) is 92.3 cm³/mol. The van der Waals surface area contributed by atoms with Crippen molar-refractivity contribution in [3.8, 4) is 0 Å². The zero-order valence-electron chi connectivity index (χ0n) is 14.2. The molecule has 1 aromatic rings. The maximum absolute atomic E-state index is 5.93. The Morgan fingerprint density at radius 3 is 2.38 bits per heavy atom. The van der Waals surface area contributed by atoms with E-state index in [9.17, 15) is 0 Å². The zero-order valence-corrected chi connectivity index (χ0v) is 15.0. The Bertz CT molecular complexity index is 404. The summed E-state index contributed by atoms with van der Waals surface area (Å²) in [4.78, 5) is 8.56. The zero-order chi connectivity index (χ0) is 15.8. The van der Waals surface area contributed by atoms with Gasteiger partial charge < -0.3 is 15.4 Å². The molecule has 1 heterocycles.